The molecule has 0 saturated heterocycles. The fourth-order valence-electron chi connectivity index (χ4n) is 1.46. The number of aromatic nitrogens is 2. The number of hydrogen-bond donors (Lipinski definition) is 1. The van der Waals surface area contributed by atoms with Gasteiger partial charge in [-0.05, 0) is 38.3 Å². The average Bonchev–Trinajstić information content (AvgIpc) is 3.13. The van der Waals surface area contributed by atoms with Gasteiger partial charge in [0.15, 0.2) is 5.69 Å². The molecule has 0 aromatic carbocycles. The second kappa shape index (κ2) is 4.60. The molecule has 1 aliphatic carbocycles. The maximum atomic E-state index is 11.7. The van der Waals surface area contributed by atoms with Crippen LogP contribution in [0, 0.1) is 0 Å². The van der Waals surface area contributed by atoms with Crippen LogP contribution < -0.4 is 5.32 Å². The molecule has 1 atom stereocenters. The highest BCUT2D eigenvalue weighted by atomic mass is 16.2. The fourth-order valence-corrected chi connectivity index (χ4v) is 1.46. The van der Waals surface area contributed by atoms with E-state index in [9.17, 15) is 4.79 Å². The predicted molar refractivity (Wildman–Crippen MR) is 61.2 cm³/mol. The maximum absolute atomic E-state index is 11.7. The third-order valence-electron chi connectivity index (χ3n) is 2.90. The third-order valence-corrected chi connectivity index (χ3v) is 2.90. The lowest BCUT2D eigenvalue weighted by atomic mass is 10.2. The number of rotatable bonds is 4. The van der Waals surface area contributed by atoms with Crippen molar-refractivity contribution in [3.05, 3.63) is 23.5 Å². The average molecular weight is 219 g/mol. The highest BCUT2D eigenvalue weighted by Crippen LogP contribution is 2.38. The topological polar surface area (TPSA) is 54.9 Å². The van der Waals surface area contributed by atoms with E-state index in [4.69, 9.17) is 0 Å². The Kier molecular flexibility index (Phi) is 3.17. The molecule has 4 heteroatoms. The molecule has 1 aromatic rings. The highest BCUT2D eigenvalue weighted by Gasteiger charge is 2.25. The number of amides is 1. The van der Waals surface area contributed by atoms with Crippen molar-refractivity contribution in [3.63, 3.8) is 0 Å². The first-order valence-corrected chi connectivity index (χ1v) is 5.85. The Balaban J connectivity index is 2.00. The predicted octanol–water partition coefficient (Wildman–Crippen LogP) is 1.88. The molecule has 1 fully saturated rings. The van der Waals surface area contributed by atoms with Crippen LogP contribution in [0.5, 0.6) is 0 Å². The van der Waals surface area contributed by atoms with E-state index < -0.39 is 0 Å². The third kappa shape index (κ3) is 2.56. The van der Waals surface area contributed by atoms with E-state index in [2.05, 4.69) is 15.5 Å². The highest BCUT2D eigenvalue weighted by molar-refractivity contribution is 5.92. The van der Waals surface area contributed by atoms with Crippen molar-refractivity contribution in [1.29, 1.82) is 0 Å². The Labute approximate surface area is 95.5 Å². The Morgan fingerprint density at radius 3 is 2.75 bits per heavy atom. The molecule has 1 N–H and O–H groups in total. The van der Waals surface area contributed by atoms with Crippen LogP contribution in [0.15, 0.2) is 12.1 Å². The van der Waals surface area contributed by atoms with Gasteiger partial charge in [-0.3, -0.25) is 4.79 Å². The Hall–Kier alpha value is -1.45. The summed E-state index contributed by atoms with van der Waals surface area (Å²) in [5, 5.41) is 10.9. The molecule has 0 aliphatic heterocycles. The summed E-state index contributed by atoms with van der Waals surface area (Å²) in [6.45, 7) is 4.01. The molecular formula is C12H17N3O. The molecule has 1 unspecified atom stereocenters. The van der Waals surface area contributed by atoms with E-state index in [-0.39, 0.29) is 11.9 Å². The zero-order valence-electron chi connectivity index (χ0n) is 9.73. The summed E-state index contributed by atoms with van der Waals surface area (Å²) >= 11 is 0. The molecule has 86 valence electrons. The second-order valence-corrected chi connectivity index (χ2v) is 4.40. The molecule has 2 rings (SSSR count). The van der Waals surface area contributed by atoms with Crippen LogP contribution in [0.4, 0.5) is 0 Å². The van der Waals surface area contributed by atoms with E-state index >= 15 is 0 Å². The minimum atomic E-state index is -0.135. The van der Waals surface area contributed by atoms with E-state index in [0.29, 0.717) is 11.6 Å². The van der Waals surface area contributed by atoms with Crippen LogP contribution in [-0.4, -0.2) is 22.1 Å². The minimum absolute atomic E-state index is 0.135. The number of carbonyl (C=O) groups is 1. The molecule has 1 amide bonds. The van der Waals surface area contributed by atoms with Crippen molar-refractivity contribution in [2.75, 3.05) is 0 Å². The van der Waals surface area contributed by atoms with Crippen LogP contribution in [0.3, 0.4) is 0 Å². The largest absolute Gasteiger partial charge is 0.348 e. The lowest BCUT2D eigenvalue weighted by Gasteiger charge is -2.10. The van der Waals surface area contributed by atoms with Gasteiger partial charge in [-0.2, -0.15) is 5.10 Å². The summed E-state index contributed by atoms with van der Waals surface area (Å²) in [5.41, 5.74) is 1.42. The van der Waals surface area contributed by atoms with Gasteiger partial charge in [-0.25, -0.2) is 0 Å². The normalized spacial score (nSPS) is 16.9. The van der Waals surface area contributed by atoms with Crippen LogP contribution >= 0.6 is 0 Å². The number of nitrogens with zero attached hydrogens (tertiary/aromatic N) is 2. The molecule has 16 heavy (non-hydrogen) atoms. The second-order valence-electron chi connectivity index (χ2n) is 4.40. The standard InChI is InChI=1S/C12H17N3O/c1-3-8(2)13-12(16)11-7-6-10(14-15-11)9-4-5-9/h6-9H,3-5H2,1-2H3,(H,13,16). The summed E-state index contributed by atoms with van der Waals surface area (Å²) in [7, 11) is 0. The Morgan fingerprint density at radius 1 is 1.50 bits per heavy atom. The molecule has 1 aromatic heterocycles. The summed E-state index contributed by atoms with van der Waals surface area (Å²) in [6.07, 6.45) is 3.32. The zero-order valence-corrected chi connectivity index (χ0v) is 9.73. The van der Waals surface area contributed by atoms with Crippen molar-refractivity contribution in [3.8, 4) is 0 Å². The molecule has 0 radical (unpaired) electrons. The van der Waals surface area contributed by atoms with Gasteiger partial charge < -0.3 is 5.32 Å². The molecule has 1 saturated carbocycles. The monoisotopic (exact) mass is 219 g/mol. The Morgan fingerprint density at radius 2 is 2.25 bits per heavy atom. The van der Waals surface area contributed by atoms with Gasteiger partial charge >= 0.3 is 0 Å². The molecular weight excluding hydrogens is 202 g/mol. The lowest BCUT2D eigenvalue weighted by molar-refractivity contribution is 0.0933. The van der Waals surface area contributed by atoms with E-state index in [1.54, 1.807) is 6.07 Å². The molecule has 0 bridgehead atoms. The van der Waals surface area contributed by atoms with Crippen molar-refractivity contribution >= 4 is 5.91 Å². The van der Waals surface area contributed by atoms with Gasteiger partial charge in [-0.15, -0.1) is 5.10 Å². The summed E-state index contributed by atoms with van der Waals surface area (Å²) in [4.78, 5) is 11.7. The quantitative estimate of drug-likeness (QED) is 0.841. The summed E-state index contributed by atoms with van der Waals surface area (Å²) < 4.78 is 0. The van der Waals surface area contributed by atoms with Gasteiger partial charge in [0.2, 0.25) is 0 Å². The van der Waals surface area contributed by atoms with Crippen LogP contribution in [0.1, 0.15) is 55.2 Å². The van der Waals surface area contributed by atoms with E-state index in [1.807, 2.05) is 19.9 Å². The molecule has 0 spiro atoms. The Bertz CT molecular complexity index is 370. The van der Waals surface area contributed by atoms with Gasteiger partial charge in [0, 0.05) is 12.0 Å². The van der Waals surface area contributed by atoms with Crippen molar-refractivity contribution in [2.45, 2.75) is 45.1 Å². The van der Waals surface area contributed by atoms with Crippen LogP contribution in [0.25, 0.3) is 0 Å². The van der Waals surface area contributed by atoms with Crippen molar-refractivity contribution < 1.29 is 4.79 Å². The van der Waals surface area contributed by atoms with Crippen LogP contribution in [-0.2, 0) is 0 Å². The summed E-state index contributed by atoms with van der Waals surface area (Å²) in [6, 6.07) is 3.85. The lowest BCUT2D eigenvalue weighted by Crippen LogP contribution is -2.32. The first kappa shape index (κ1) is 11.0. The van der Waals surface area contributed by atoms with Gasteiger partial charge in [0.1, 0.15) is 0 Å². The number of hydrogen-bond acceptors (Lipinski definition) is 3. The smallest absolute Gasteiger partial charge is 0.272 e. The molecule has 4 nitrogen and oxygen atoms in total. The van der Waals surface area contributed by atoms with E-state index in [0.717, 1.165) is 12.1 Å². The van der Waals surface area contributed by atoms with Crippen LogP contribution in [0.2, 0.25) is 0 Å². The SMILES string of the molecule is CCC(C)NC(=O)c1ccc(C2CC2)nn1. The number of carbonyl (C=O) groups excluding carboxylic acids is 1. The van der Waals surface area contributed by atoms with Crippen molar-refractivity contribution in [1.82, 2.24) is 15.5 Å². The number of nitrogens with one attached hydrogen (secondary N) is 1. The first-order chi connectivity index (χ1) is 7.70. The van der Waals surface area contributed by atoms with Gasteiger partial charge in [0.25, 0.3) is 5.91 Å². The fraction of sp³-hybridized carbons (Fsp3) is 0.583. The summed E-state index contributed by atoms with van der Waals surface area (Å²) in [5.74, 6) is 0.448. The first-order valence-electron chi connectivity index (χ1n) is 5.85. The van der Waals surface area contributed by atoms with E-state index in [1.165, 1.54) is 12.8 Å². The van der Waals surface area contributed by atoms with Gasteiger partial charge in [-0.1, -0.05) is 6.92 Å². The molecule has 1 heterocycles. The molecule has 1 aliphatic rings. The minimum Gasteiger partial charge on any atom is -0.348 e. The van der Waals surface area contributed by atoms with Crippen molar-refractivity contribution in [2.24, 2.45) is 0 Å². The zero-order chi connectivity index (χ0) is 11.5. The van der Waals surface area contributed by atoms with Gasteiger partial charge in [0.05, 0.1) is 5.69 Å². The maximum Gasteiger partial charge on any atom is 0.272 e.